The molecule has 2 N–H and O–H groups in total. The van der Waals surface area contributed by atoms with E-state index in [1.54, 1.807) is 0 Å². The average molecular weight is 336 g/mol. The first-order chi connectivity index (χ1) is 9.20. The standard InChI is InChI=1S/C16H18BrNS/c1-2-15(18)16(12-8-10-13(17)11-9-12)19-14-6-4-3-5-7-14/h3-11,15-16H,2,18H2,1H3. The molecule has 0 spiro atoms. The monoisotopic (exact) mass is 335 g/mol. The van der Waals surface area contributed by atoms with Crippen molar-refractivity contribution >= 4 is 27.7 Å². The van der Waals surface area contributed by atoms with Crippen molar-refractivity contribution in [1.29, 1.82) is 0 Å². The molecule has 100 valence electrons. The van der Waals surface area contributed by atoms with Gasteiger partial charge in [-0.2, -0.15) is 0 Å². The van der Waals surface area contributed by atoms with Gasteiger partial charge in [-0.1, -0.05) is 53.2 Å². The van der Waals surface area contributed by atoms with Crippen molar-refractivity contribution in [3.05, 3.63) is 64.6 Å². The number of hydrogen-bond donors (Lipinski definition) is 1. The molecule has 19 heavy (non-hydrogen) atoms. The first-order valence-corrected chi connectivity index (χ1v) is 8.10. The molecule has 1 nitrogen and oxygen atoms in total. The van der Waals surface area contributed by atoms with Gasteiger partial charge in [0.2, 0.25) is 0 Å². The average Bonchev–Trinajstić information content (AvgIpc) is 2.46. The lowest BCUT2D eigenvalue weighted by atomic mass is 10.0. The molecule has 2 rings (SSSR count). The van der Waals surface area contributed by atoms with E-state index in [1.165, 1.54) is 10.5 Å². The summed E-state index contributed by atoms with van der Waals surface area (Å²) in [6, 6.07) is 19.1. The Hall–Kier alpha value is -0.770. The van der Waals surface area contributed by atoms with Crippen LogP contribution in [-0.2, 0) is 0 Å². The second-order valence-electron chi connectivity index (χ2n) is 4.48. The van der Waals surface area contributed by atoms with Crippen molar-refractivity contribution in [1.82, 2.24) is 0 Å². The lowest BCUT2D eigenvalue weighted by Crippen LogP contribution is -2.25. The van der Waals surface area contributed by atoms with E-state index in [-0.39, 0.29) is 6.04 Å². The van der Waals surface area contributed by atoms with Crippen molar-refractivity contribution in [2.45, 2.75) is 29.5 Å². The zero-order valence-corrected chi connectivity index (χ0v) is 13.3. The number of rotatable bonds is 5. The fourth-order valence-electron chi connectivity index (χ4n) is 1.91. The fraction of sp³-hybridized carbons (Fsp3) is 0.250. The van der Waals surface area contributed by atoms with Gasteiger partial charge >= 0.3 is 0 Å². The predicted octanol–water partition coefficient (Wildman–Crippen LogP) is 5.02. The van der Waals surface area contributed by atoms with E-state index >= 15 is 0 Å². The molecule has 3 heteroatoms. The van der Waals surface area contributed by atoms with Gasteiger partial charge in [-0.3, -0.25) is 0 Å². The van der Waals surface area contributed by atoms with Gasteiger partial charge in [0.15, 0.2) is 0 Å². The van der Waals surface area contributed by atoms with Crippen LogP contribution in [0.1, 0.15) is 24.2 Å². The van der Waals surface area contributed by atoms with Crippen molar-refractivity contribution in [3.8, 4) is 0 Å². The maximum absolute atomic E-state index is 6.30. The number of halogens is 1. The zero-order valence-electron chi connectivity index (χ0n) is 10.9. The normalized spacial score (nSPS) is 14.1. The van der Waals surface area contributed by atoms with Gasteiger partial charge in [-0.05, 0) is 36.2 Å². The molecule has 0 aliphatic carbocycles. The van der Waals surface area contributed by atoms with E-state index in [9.17, 15) is 0 Å². The van der Waals surface area contributed by atoms with Crippen LogP contribution in [0.4, 0.5) is 0 Å². The molecule has 2 unspecified atom stereocenters. The number of nitrogens with two attached hydrogens (primary N) is 1. The molecule has 0 radical (unpaired) electrons. The van der Waals surface area contributed by atoms with Gasteiger partial charge in [0.1, 0.15) is 0 Å². The maximum Gasteiger partial charge on any atom is 0.0495 e. The smallest absolute Gasteiger partial charge is 0.0495 e. The van der Waals surface area contributed by atoms with Gasteiger partial charge < -0.3 is 5.73 Å². The summed E-state index contributed by atoms with van der Waals surface area (Å²) in [7, 11) is 0. The quantitative estimate of drug-likeness (QED) is 0.776. The summed E-state index contributed by atoms with van der Waals surface area (Å²) >= 11 is 5.32. The number of hydrogen-bond acceptors (Lipinski definition) is 2. The molecular weight excluding hydrogens is 318 g/mol. The lowest BCUT2D eigenvalue weighted by molar-refractivity contribution is 0.634. The number of thioether (sulfide) groups is 1. The van der Waals surface area contributed by atoms with Crippen LogP contribution >= 0.6 is 27.7 Å². The molecular formula is C16H18BrNS. The summed E-state index contributed by atoms with van der Waals surface area (Å²) < 4.78 is 1.10. The summed E-state index contributed by atoms with van der Waals surface area (Å²) in [5.74, 6) is 0. The molecule has 0 aliphatic heterocycles. The summed E-state index contributed by atoms with van der Waals surface area (Å²) in [6.45, 7) is 2.14. The topological polar surface area (TPSA) is 26.0 Å². The van der Waals surface area contributed by atoms with E-state index < -0.39 is 0 Å². The molecule has 0 aromatic heterocycles. The van der Waals surface area contributed by atoms with Gasteiger partial charge in [-0.15, -0.1) is 11.8 Å². The predicted molar refractivity (Wildman–Crippen MR) is 87.4 cm³/mol. The van der Waals surface area contributed by atoms with E-state index in [2.05, 4.69) is 71.4 Å². The third-order valence-corrected chi connectivity index (χ3v) is 5.01. The Balaban J connectivity index is 2.23. The Morgan fingerprint density at radius 1 is 1.05 bits per heavy atom. The first-order valence-electron chi connectivity index (χ1n) is 6.43. The van der Waals surface area contributed by atoms with Gasteiger partial charge in [-0.25, -0.2) is 0 Å². The van der Waals surface area contributed by atoms with Crippen LogP contribution in [0.2, 0.25) is 0 Å². The lowest BCUT2D eigenvalue weighted by Gasteiger charge is -2.23. The van der Waals surface area contributed by atoms with E-state index in [4.69, 9.17) is 5.73 Å². The van der Waals surface area contributed by atoms with Crippen LogP contribution in [-0.4, -0.2) is 6.04 Å². The molecule has 0 bridgehead atoms. The van der Waals surface area contributed by atoms with Crippen molar-refractivity contribution in [3.63, 3.8) is 0 Å². The highest BCUT2D eigenvalue weighted by molar-refractivity contribution is 9.10. The molecule has 2 aromatic rings. The third-order valence-electron chi connectivity index (χ3n) is 3.07. The van der Waals surface area contributed by atoms with E-state index in [0.29, 0.717) is 5.25 Å². The van der Waals surface area contributed by atoms with Gasteiger partial charge in [0.05, 0.1) is 0 Å². The molecule has 0 fully saturated rings. The second kappa shape index (κ2) is 7.13. The van der Waals surface area contributed by atoms with Crippen LogP contribution in [0.5, 0.6) is 0 Å². The molecule has 0 heterocycles. The van der Waals surface area contributed by atoms with Crippen LogP contribution in [0, 0.1) is 0 Å². The summed E-state index contributed by atoms with van der Waals surface area (Å²) in [6.07, 6.45) is 0.973. The Labute approximate surface area is 127 Å². The SMILES string of the molecule is CCC(N)C(Sc1ccccc1)c1ccc(Br)cc1. The minimum absolute atomic E-state index is 0.159. The van der Waals surface area contributed by atoms with Crippen molar-refractivity contribution in [2.24, 2.45) is 5.73 Å². The summed E-state index contributed by atoms with van der Waals surface area (Å²) in [5.41, 5.74) is 7.59. The van der Waals surface area contributed by atoms with Crippen molar-refractivity contribution < 1.29 is 0 Å². The maximum atomic E-state index is 6.30. The highest BCUT2D eigenvalue weighted by Gasteiger charge is 2.19. The Morgan fingerprint density at radius 2 is 1.68 bits per heavy atom. The summed E-state index contributed by atoms with van der Waals surface area (Å²) in [5, 5.41) is 0.292. The summed E-state index contributed by atoms with van der Waals surface area (Å²) in [4.78, 5) is 1.26. The highest BCUT2D eigenvalue weighted by Crippen LogP contribution is 2.38. The largest absolute Gasteiger partial charge is 0.326 e. The molecule has 0 saturated carbocycles. The third kappa shape index (κ3) is 4.10. The van der Waals surface area contributed by atoms with E-state index in [1.807, 2.05) is 17.8 Å². The second-order valence-corrected chi connectivity index (χ2v) is 6.61. The molecule has 0 amide bonds. The fourth-order valence-corrected chi connectivity index (χ4v) is 3.45. The van der Waals surface area contributed by atoms with Gasteiger partial charge in [0.25, 0.3) is 0 Å². The van der Waals surface area contributed by atoms with Crippen LogP contribution < -0.4 is 5.73 Å². The van der Waals surface area contributed by atoms with Crippen molar-refractivity contribution in [2.75, 3.05) is 0 Å². The minimum Gasteiger partial charge on any atom is -0.326 e. The Bertz CT molecular complexity index is 498. The molecule has 0 aliphatic rings. The Morgan fingerprint density at radius 3 is 2.26 bits per heavy atom. The highest BCUT2D eigenvalue weighted by atomic mass is 79.9. The van der Waals surface area contributed by atoms with Crippen LogP contribution in [0.25, 0.3) is 0 Å². The molecule has 2 aromatic carbocycles. The number of benzene rings is 2. The minimum atomic E-state index is 0.159. The van der Waals surface area contributed by atoms with Crippen LogP contribution in [0.3, 0.4) is 0 Å². The van der Waals surface area contributed by atoms with Gasteiger partial charge in [0, 0.05) is 20.7 Å². The molecule has 2 atom stereocenters. The van der Waals surface area contributed by atoms with E-state index in [0.717, 1.165) is 10.9 Å². The zero-order chi connectivity index (χ0) is 13.7. The van der Waals surface area contributed by atoms with Crippen LogP contribution in [0.15, 0.2) is 64.0 Å². The molecule has 0 saturated heterocycles. The first kappa shape index (κ1) is 14.6. The Kier molecular flexibility index (Phi) is 5.49.